The number of anilines is 2. The van der Waals surface area contributed by atoms with E-state index in [2.05, 4.69) is 20.6 Å². The lowest BCUT2D eigenvalue weighted by Crippen LogP contribution is -2.50. The Balaban J connectivity index is 1.28. The number of carbonyl (C=O) groups excluding carboxylic acids is 3. The number of carbonyl (C=O) groups is 3. The van der Waals surface area contributed by atoms with Crippen LogP contribution in [0.1, 0.15) is 27.9 Å². The second kappa shape index (κ2) is 9.63. The van der Waals surface area contributed by atoms with E-state index >= 15 is 0 Å². The number of likely N-dealkylation sites (tertiary alicyclic amines) is 1. The van der Waals surface area contributed by atoms with Gasteiger partial charge in [0, 0.05) is 35.5 Å². The van der Waals surface area contributed by atoms with Crippen LogP contribution in [0.2, 0.25) is 5.02 Å². The number of aromatic amines is 1. The SMILES string of the molecule is Nc1cc(C(=O)N[C@@H](Cc2ccccc2)C(=O)N2CCC3(C2)OC(=O)Nc2ccc(Cl)cc23)cc2[nH]cnc12. The third-order valence-corrected chi connectivity index (χ3v) is 7.48. The molecule has 11 heteroatoms. The molecule has 1 unspecified atom stereocenters. The van der Waals surface area contributed by atoms with Gasteiger partial charge in [-0.3, -0.25) is 14.9 Å². The lowest BCUT2D eigenvalue weighted by molar-refractivity contribution is -0.133. The van der Waals surface area contributed by atoms with Crippen LogP contribution in [0.15, 0.2) is 67.0 Å². The van der Waals surface area contributed by atoms with Crippen molar-refractivity contribution < 1.29 is 19.1 Å². The first-order chi connectivity index (χ1) is 18.8. The van der Waals surface area contributed by atoms with E-state index in [1.807, 2.05) is 30.3 Å². The van der Waals surface area contributed by atoms with Crippen LogP contribution in [-0.2, 0) is 21.6 Å². The first kappa shape index (κ1) is 24.7. The van der Waals surface area contributed by atoms with Crippen LogP contribution < -0.4 is 16.4 Å². The number of nitrogens with zero attached hydrogens (tertiary/aromatic N) is 2. The van der Waals surface area contributed by atoms with E-state index in [4.69, 9.17) is 22.1 Å². The van der Waals surface area contributed by atoms with E-state index in [0.29, 0.717) is 46.0 Å². The lowest BCUT2D eigenvalue weighted by atomic mass is 9.90. The molecule has 0 radical (unpaired) electrons. The zero-order valence-electron chi connectivity index (χ0n) is 20.7. The normalized spacial score (nSPS) is 18.9. The zero-order chi connectivity index (χ0) is 27.1. The third kappa shape index (κ3) is 4.63. The monoisotopic (exact) mass is 544 g/mol. The van der Waals surface area contributed by atoms with Crippen LogP contribution >= 0.6 is 11.6 Å². The molecule has 3 heterocycles. The Labute approximate surface area is 228 Å². The number of nitrogen functional groups attached to an aromatic ring is 1. The molecule has 2 aliphatic rings. The number of imidazole rings is 1. The van der Waals surface area contributed by atoms with Gasteiger partial charge in [-0.15, -0.1) is 0 Å². The van der Waals surface area contributed by atoms with Gasteiger partial charge in [0.05, 0.1) is 29.8 Å². The topological polar surface area (TPSA) is 142 Å². The molecular weight excluding hydrogens is 520 g/mol. The van der Waals surface area contributed by atoms with Crippen molar-refractivity contribution in [2.24, 2.45) is 0 Å². The van der Waals surface area contributed by atoms with Crippen LogP contribution in [0.4, 0.5) is 16.2 Å². The number of H-pyrrole nitrogens is 1. The van der Waals surface area contributed by atoms with Crippen molar-refractivity contribution in [2.75, 3.05) is 24.1 Å². The molecule has 198 valence electrons. The Morgan fingerprint density at radius 2 is 2.00 bits per heavy atom. The molecule has 1 aromatic heterocycles. The average Bonchev–Trinajstić information content (AvgIpc) is 3.57. The maximum Gasteiger partial charge on any atom is 0.412 e. The Morgan fingerprint density at radius 1 is 1.18 bits per heavy atom. The summed E-state index contributed by atoms with van der Waals surface area (Å²) in [6.07, 6.45) is 1.60. The van der Waals surface area contributed by atoms with Crippen LogP contribution in [0.25, 0.3) is 11.0 Å². The largest absolute Gasteiger partial charge is 0.436 e. The van der Waals surface area contributed by atoms with E-state index in [9.17, 15) is 14.4 Å². The molecule has 6 rings (SSSR count). The Morgan fingerprint density at radius 3 is 2.82 bits per heavy atom. The average molecular weight is 545 g/mol. The zero-order valence-corrected chi connectivity index (χ0v) is 21.5. The van der Waals surface area contributed by atoms with Gasteiger partial charge in [0.2, 0.25) is 5.91 Å². The number of aromatic nitrogens is 2. The van der Waals surface area contributed by atoms with Crippen molar-refractivity contribution in [3.05, 3.63) is 88.7 Å². The third-order valence-electron chi connectivity index (χ3n) is 7.24. The standard InChI is InChI=1S/C28H25ClN6O4/c29-18-6-7-21-19(13-18)28(39-27(38)34-21)8-9-35(14-28)26(37)23(10-16-4-2-1-3-5-16)33-25(36)17-11-20(30)24-22(12-17)31-15-32-24/h1-7,11-13,15,23H,8-10,14,30H2,(H,31,32)(H,33,36)(H,34,38)/t23-,28?/m0/s1. The maximum atomic E-state index is 13.9. The second-order valence-corrected chi connectivity index (χ2v) is 10.2. The van der Waals surface area contributed by atoms with Crippen molar-refractivity contribution in [1.29, 1.82) is 0 Å². The highest BCUT2D eigenvalue weighted by atomic mass is 35.5. The van der Waals surface area contributed by atoms with Crippen LogP contribution in [0.5, 0.6) is 0 Å². The summed E-state index contributed by atoms with van der Waals surface area (Å²) < 4.78 is 5.78. The van der Waals surface area contributed by atoms with Gasteiger partial charge < -0.3 is 25.7 Å². The van der Waals surface area contributed by atoms with E-state index in [1.54, 1.807) is 35.2 Å². The van der Waals surface area contributed by atoms with Gasteiger partial charge in [-0.1, -0.05) is 41.9 Å². The highest BCUT2D eigenvalue weighted by molar-refractivity contribution is 6.30. The minimum atomic E-state index is -1.03. The highest BCUT2D eigenvalue weighted by Gasteiger charge is 2.49. The summed E-state index contributed by atoms with van der Waals surface area (Å²) in [5, 5.41) is 6.11. The fourth-order valence-electron chi connectivity index (χ4n) is 5.36. The first-order valence-corrected chi connectivity index (χ1v) is 12.9. The Kier molecular flexibility index (Phi) is 6.11. The first-order valence-electron chi connectivity index (χ1n) is 12.5. The summed E-state index contributed by atoms with van der Waals surface area (Å²) in [6.45, 7) is 0.479. The second-order valence-electron chi connectivity index (χ2n) is 9.79. The quantitative estimate of drug-likeness (QED) is 0.281. The van der Waals surface area contributed by atoms with Crippen molar-refractivity contribution in [3.63, 3.8) is 0 Å². The molecule has 0 aliphatic carbocycles. The van der Waals surface area contributed by atoms with Crippen molar-refractivity contribution in [1.82, 2.24) is 20.2 Å². The summed E-state index contributed by atoms with van der Waals surface area (Å²) in [4.78, 5) is 48.4. The number of nitrogens with one attached hydrogen (secondary N) is 3. The van der Waals surface area contributed by atoms with Crippen LogP contribution in [0, 0.1) is 0 Å². The molecule has 0 bridgehead atoms. The van der Waals surface area contributed by atoms with Gasteiger partial charge >= 0.3 is 6.09 Å². The summed E-state index contributed by atoms with van der Waals surface area (Å²) in [6, 6.07) is 16.9. The molecule has 10 nitrogen and oxygen atoms in total. The van der Waals surface area contributed by atoms with E-state index in [-0.39, 0.29) is 18.9 Å². The number of hydrogen-bond acceptors (Lipinski definition) is 6. The van der Waals surface area contributed by atoms with Crippen LogP contribution in [-0.4, -0.2) is 51.9 Å². The molecule has 39 heavy (non-hydrogen) atoms. The fraction of sp³-hybridized carbons (Fsp3) is 0.214. The fourth-order valence-corrected chi connectivity index (χ4v) is 5.54. The molecule has 2 aliphatic heterocycles. The number of hydrogen-bond donors (Lipinski definition) is 4. The van der Waals surface area contributed by atoms with Crippen LogP contribution in [0.3, 0.4) is 0 Å². The summed E-state index contributed by atoms with van der Waals surface area (Å²) in [5.74, 6) is -0.718. The Bertz CT molecular complexity index is 1610. The number of ether oxygens (including phenoxy) is 1. The molecule has 3 aromatic carbocycles. The summed E-state index contributed by atoms with van der Waals surface area (Å²) in [5.41, 5.74) is 9.14. The van der Waals surface area contributed by atoms with Gasteiger partial charge in [-0.05, 0) is 35.9 Å². The molecule has 0 saturated carbocycles. The predicted octanol–water partition coefficient (Wildman–Crippen LogP) is 3.83. The summed E-state index contributed by atoms with van der Waals surface area (Å²) in [7, 11) is 0. The van der Waals surface area contributed by atoms with E-state index in [0.717, 1.165) is 11.1 Å². The lowest BCUT2D eigenvalue weighted by Gasteiger charge is -2.35. The van der Waals surface area contributed by atoms with Gasteiger partial charge in [0.25, 0.3) is 5.91 Å². The van der Waals surface area contributed by atoms with Gasteiger partial charge in [-0.2, -0.15) is 0 Å². The number of amides is 3. The molecule has 1 fully saturated rings. The molecule has 1 spiro atoms. The minimum absolute atomic E-state index is 0.140. The van der Waals surface area contributed by atoms with E-state index in [1.165, 1.54) is 6.33 Å². The molecule has 5 N–H and O–H groups in total. The molecule has 3 amide bonds. The minimum Gasteiger partial charge on any atom is -0.436 e. The number of fused-ring (bicyclic) bond motifs is 3. The number of nitrogens with two attached hydrogens (primary N) is 1. The number of halogens is 1. The predicted molar refractivity (Wildman–Crippen MR) is 146 cm³/mol. The van der Waals surface area contributed by atoms with Crippen molar-refractivity contribution in [2.45, 2.75) is 24.5 Å². The molecule has 2 atom stereocenters. The van der Waals surface area contributed by atoms with E-state index < -0.39 is 23.6 Å². The Hall–Kier alpha value is -4.57. The van der Waals surface area contributed by atoms with Crippen molar-refractivity contribution in [3.8, 4) is 0 Å². The maximum absolute atomic E-state index is 13.9. The van der Waals surface area contributed by atoms with Gasteiger partial charge in [0.1, 0.15) is 11.6 Å². The molecule has 1 saturated heterocycles. The van der Waals surface area contributed by atoms with Gasteiger partial charge in [0.15, 0.2) is 5.60 Å². The number of benzene rings is 3. The van der Waals surface area contributed by atoms with Crippen molar-refractivity contribution >= 4 is 51.9 Å². The number of rotatable bonds is 5. The summed E-state index contributed by atoms with van der Waals surface area (Å²) >= 11 is 6.26. The highest BCUT2D eigenvalue weighted by Crippen LogP contribution is 2.43. The van der Waals surface area contributed by atoms with Gasteiger partial charge in [-0.25, -0.2) is 9.78 Å². The molecule has 4 aromatic rings. The molecular formula is C28H25ClN6O4. The smallest absolute Gasteiger partial charge is 0.412 e.